The molecule has 0 aliphatic heterocycles. The van der Waals surface area contributed by atoms with Crippen LogP contribution in [0.4, 0.5) is 4.39 Å². The summed E-state index contributed by atoms with van der Waals surface area (Å²) < 4.78 is 13.2. The van der Waals surface area contributed by atoms with Gasteiger partial charge in [-0.3, -0.25) is 0 Å². The van der Waals surface area contributed by atoms with Crippen LogP contribution in [0, 0.1) is 5.82 Å². The zero-order chi connectivity index (χ0) is 13.2. The van der Waals surface area contributed by atoms with Crippen molar-refractivity contribution in [3.05, 3.63) is 53.8 Å². The van der Waals surface area contributed by atoms with Crippen molar-refractivity contribution in [3.8, 4) is 11.4 Å². The molecule has 1 aromatic heterocycles. The minimum atomic E-state index is -0.246. The molecule has 3 rings (SSSR count). The third kappa shape index (κ3) is 2.36. The molecule has 0 atom stereocenters. The molecule has 96 valence electrons. The van der Waals surface area contributed by atoms with Gasteiger partial charge in [0.15, 0.2) is 0 Å². The summed E-state index contributed by atoms with van der Waals surface area (Å²) in [6, 6.07) is 12.7. The monoisotopic (exact) mass is 254 g/mol. The van der Waals surface area contributed by atoms with Crippen LogP contribution in [0.25, 0.3) is 22.4 Å². The molecule has 0 saturated heterocycles. The van der Waals surface area contributed by atoms with Crippen molar-refractivity contribution in [2.75, 3.05) is 0 Å². The summed E-state index contributed by atoms with van der Waals surface area (Å²) in [6.07, 6.45) is 2.18. The minimum absolute atomic E-state index is 0.246. The Labute approximate surface area is 111 Å². The Kier molecular flexibility index (Phi) is 3.03. The molecule has 0 spiro atoms. The molecule has 0 unspecified atom stereocenters. The molecule has 3 heteroatoms. The van der Waals surface area contributed by atoms with Crippen LogP contribution < -0.4 is 0 Å². The molecule has 1 heterocycles. The molecule has 0 fully saturated rings. The van der Waals surface area contributed by atoms with Gasteiger partial charge in [0.2, 0.25) is 0 Å². The number of aromatic nitrogens is 2. The van der Waals surface area contributed by atoms with Gasteiger partial charge in [-0.25, -0.2) is 9.37 Å². The highest BCUT2D eigenvalue weighted by molar-refractivity contribution is 5.80. The van der Waals surface area contributed by atoms with Crippen LogP contribution in [0.5, 0.6) is 0 Å². The number of H-pyrrole nitrogens is 1. The Hall–Kier alpha value is -2.16. The van der Waals surface area contributed by atoms with Crippen LogP contribution in [-0.4, -0.2) is 9.97 Å². The van der Waals surface area contributed by atoms with E-state index >= 15 is 0 Å². The van der Waals surface area contributed by atoms with Gasteiger partial charge in [0.05, 0.1) is 11.0 Å². The van der Waals surface area contributed by atoms with Crippen LogP contribution in [0.1, 0.15) is 18.9 Å². The number of imidazole rings is 1. The van der Waals surface area contributed by atoms with E-state index in [1.807, 2.05) is 12.1 Å². The summed E-state index contributed by atoms with van der Waals surface area (Å²) in [5.74, 6) is 0.466. The maximum Gasteiger partial charge on any atom is 0.138 e. The fraction of sp³-hybridized carbons (Fsp3) is 0.188. The van der Waals surface area contributed by atoms with E-state index in [2.05, 4.69) is 29.0 Å². The van der Waals surface area contributed by atoms with E-state index in [0.29, 0.717) is 5.82 Å². The van der Waals surface area contributed by atoms with Crippen molar-refractivity contribution in [2.45, 2.75) is 19.8 Å². The van der Waals surface area contributed by atoms with Gasteiger partial charge in [-0.15, -0.1) is 0 Å². The maximum absolute atomic E-state index is 13.2. The summed E-state index contributed by atoms with van der Waals surface area (Å²) in [5.41, 5.74) is 3.99. The molecule has 19 heavy (non-hydrogen) atoms. The van der Waals surface area contributed by atoms with Crippen molar-refractivity contribution in [3.63, 3.8) is 0 Å². The Morgan fingerprint density at radius 3 is 2.84 bits per heavy atom. The van der Waals surface area contributed by atoms with E-state index in [9.17, 15) is 4.39 Å². The number of aryl methyl sites for hydroxylation is 1. The van der Waals surface area contributed by atoms with Gasteiger partial charge in [-0.1, -0.05) is 31.5 Å². The van der Waals surface area contributed by atoms with Crippen molar-refractivity contribution < 1.29 is 4.39 Å². The fourth-order valence-corrected chi connectivity index (χ4v) is 2.27. The Morgan fingerprint density at radius 2 is 2.05 bits per heavy atom. The van der Waals surface area contributed by atoms with Crippen LogP contribution in [0.15, 0.2) is 42.5 Å². The number of fused-ring (bicyclic) bond motifs is 1. The lowest BCUT2D eigenvalue weighted by Crippen LogP contribution is -1.82. The molecule has 2 nitrogen and oxygen atoms in total. The highest BCUT2D eigenvalue weighted by Gasteiger charge is 2.06. The second kappa shape index (κ2) is 4.84. The predicted molar refractivity (Wildman–Crippen MR) is 75.5 cm³/mol. The molecule has 0 radical (unpaired) electrons. The zero-order valence-corrected chi connectivity index (χ0v) is 10.8. The molecule has 3 aromatic rings. The van der Waals surface area contributed by atoms with E-state index in [0.717, 1.165) is 29.4 Å². The first kappa shape index (κ1) is 11.9. The number of hydrogen-bond acceptors (Lipinski definition) is 1. The predicted octanol–water partition coefficient (Wildman–Crippen LogP) is 4.32. The number of rotatable bonds is 3. The molecular weight excluding hydrogens is 239 g/mol. The molecule has 2 aromatic carbocycles. The zero-order valence-electron chi connectivity index (χ0n) is 10.8. The number of halogens is 1. The molecule has 1 N–H and O–H groups in total. The van der Waals surface area contributed by atoms with Gasteiger partial charge >= 0.3 is 0 Å². The summed E-state index contributed by atoms with van der Waals surface area (Å²) in [7, 11) is 0. The normalized spacial score (nSPS) is 11.1. The van der Waals surface area contributed by atoms with Crippen LogP contribution in [0.2, 0.25) is 0 Å². The third-order valence-corrected chi connectivity index (χ3v) is 3.18. The number of benzene rings is 2. The average molecular weight is 254 g/mol. The summed E-state index contributed by atoms with van der Waals surface area (Å²) >= 11 is 0. The number of nitrogens with zero attached hydrogens (tertiary/aromatic N) is 1. The topological polar surface area (TPSA) is 28.7 Å². The second-order valence-electron chi connectivity index (χ2n) is 4.70. The van der Waals surface area contributed by atoms with Gasteiger partial charge in [-0.05, 0) is 36.2 Å². The lowest BCUT2D eigenvalue weighted by atomic mass is 10.1. The quantitative estimate of drug-likeness (QED) is 0.740. The first-order valence-electron chi connectivity index (χ1n) is 6.51. The average Bonchev–Trinajstić information content (AvgIpc) is 2.82. The number of hydrogen-bond donors (Lipinski definition) is 1. The second-order valence-corrected chi connectivity index (χ2v) is 4.70. The first-order valence-corrected chi connectivity index (χ1v) is 6.51. The van der Waals surface area contributed by atoms with E-state index in [-0.39, 0.29) is 5.82 Å². The fourth-order valence-electron chi connectivity index (χ4n) is 2.27. The number of nitrogens with one attached hydrogen (secondary N) is 1. The summed E-state index contributed by atoms with van der Waals surface area (Å²) in [5, 5.41) is 0. The summed E-state index contributed by atoms with van der Waals surface area (Å²) in [6.45, 7) is 2.16. The molecule has 0 aliphatic rings. The Bertz CT molecular complexity index is 716. The largest absolute Gasteiger partial charge is 0.338 e. The molecule has 0 bridgehead atoms. The van der Waals surface area contributed by atoms with E-state index in [1.165, 1.54) is 17.7 Å². The van der Waals surface area contributed by atoms with Crippen molar-refractivity contribution in [2.24, 2.45) is 0 Å². The Morgan fingerprint density at radius 1 is 1.16 bits per heavy atom. The van der Waals surface area contributed by atoms with Crippen LogP contribution >= 0.6 is 0 Å². The van der Waals surface area contributed by atoms with Crippen molar-refractivity contribution >= 4 is 11.0 Å². The smallest absolute Gasteiger partial charge is 0.138 e. The highest BCUT2D eigenvalue weighted by Crippen LogP contribution is 2.22. The lowest BCUT2D eigenvalue weighted by molar-refractivity contribution is 0.628. The standard InChI is InChI=1S/C16H15FN2/c1-2-4-11-7-8-14-15(9-11)19-16(18-14)12-5-3-6-13(17)10-12/h3,5-10H,2,4H2,1H3,(H,18,19). The van der Waals surface area contributed by atoms with Gasteiger partial charge in [0.1, 0.15) is 11.6 Å². The molecular formula is C16H15FN2. The van der Waals surface area contributed by atoms with Gasteiger partial charge < -0.3 is 4.98 Å². The summed E-state index contributed by atoms with van der Waals surface area (Å²) in [4.78, 5) is 7.76. The Balaban J connectivity index is 2.06. The lowest BCUT2D eigenvalue weighted by Gasteiger charge is -1.97. The molecule has 0 saturated carbocycles. The first-order chi connectivity index (χ1) is 9.26. The van der Waals surface area contributed by atoms with Crippen molar-refractivity contribution in [1.29, 1.82) is 0 Å². The maximum atomic E-state index is 13.2. The van der Waals surface area contributed by atoms with E-state index in [1.54, 1.807) is 6.07 Å². The van der Waals surface area contributed by atoms with Gasteiger partial charge in [0, 0.05) is 5.56 Å². The van der Waals surface area contributed by atoms with E-state index in [4.69, 9.17) is 0 Å². The van der Waals surface area contributed by atoms with E-state index < -0.39 is 0 Å². The van der Waals surface area contributed by atoms with Gasteiger partial charge in [-0.2, -0.15) is 0 Å². The van der Waals surface area contributed by atoms with Crippen LogP contribution in [0.3, 0.4) is 0 Å². The van der Waals surface area contributed by atoms with Crippen LogP contribution in [-0.2, 0) is 6.42 Å². The number of aromatic amines is 1. The third-order valence-electron chi connectivity index (χ3n) is 3.18. The molecule has 0 amide bonds. The highest BCUT2D eigenvalue weighted by atomic mass is 19.1. The van der Waals surface area contributed by atoms with Crippen molar-refractivity contribution in [1.82, 2.24) is 9.97 Å². The molecule has 0 aliphatic carbocycles. The minimum Gasteiger partial charge on any atom is -0.338 e. The SMILES string of the molecule is CCCc1ccc2nc(-c3cccc(F)c3)[nH]c2c1. The van der Waals surface area contributed by atoms with Gasteiger partial charge in [0.25, 0.3) is 0 Å².